The van der Waals surface area contributed by atoms with Crippen molar-refractivity contribution in [2.75, 3.05) is 7.11 Å². The lowest BCUT2D eigenvalue weighted by atomic mass is 10.3. The number of benzene rings is 1. The molecule has 13 heavy (non-hydrogen) atoms. The normalized spacial score (nSPS) is 9.15. The van der Waals surface area contributed by atoms with E-state index in [2.05, 4.69) is 26.0 Å². The summed E-state index contributed by atoms with van der Waals surface area (Å²) in [7, 11) is 1.49. The molecule has 0 aromatic heterocycles. The molecule has 6 heteroatoms. The highest BCUT2D eigenvalue weighted by Gasteiger charge is 2.07. The lowest BCUT2D eigenvalue weighted by molar-refractivity contribution is 0.413. The molecule has 0 atom stereocenters. The predicted octanol–water partition coefficient (Wildman–Crippen LogP) is 4.05. The van der Waals surface area contributed by atoms with E-state index >= 15 is 0 Å². The third-order valence-electron chi connectivity index (χ3n) is 1.35. The quantitative estimate of drug-likeness (QED) is 0.450. The Morgan fingerprint density at radius 1 is 1.62 bits per heavy atom. The van der Waals surface area contributed by atoms with Gasteiger partial charge in [0.2, 0.25) is 0 Å². The SMILES string of the molecule is COc1c(Br)cc(Cl)cc1N=[N+]=[N-]. The summed E-state index contributed by atoms with van der Waals surface area (Å²) in [6, 6.07) is 3.20. The maximum absolute atomic E-state index is 8.27. The minimum absolute atomic E-state index is 0.365. The second-order valence-electron chi connectivity index (χ2n) is 2.13. The van der Waals surface area contributed by atoms with Crippen molar-refractivity contribution in [3.63, 3.8) is 0 Å². The lowest BCUT2D eigenvalue weighted by Gasteiger charge is -2.06. The molecule has 0 heterocycles. The summed E-state index contributed by atoms with van der Waals surface area (Å²) in [6.07, 6.45) is 0. The van der Waals surface area contributed by atoms with E-state index in [-0.39, 0.29) is 0 Å². The van der Waals surface area contributed by atoms with Crippen LogP contribution in [0.1, 0.15) is 0 Å². The highest BCUT2D eigenvalue weighted by atomic mass is 79.9. The summed E-state index contributed by atoms with van der Waals surface area (Å²) >= 11 is 8.98. The van der Waals surface area contributed by atoms with Crippen molar-refractivity contribution >= 4 is 33.2 Å². The van der Waals surface area contributed by atoms with Crippen molar-refractivity contribution in [2.45, 2.75) is 0 Å². The first kappa shape index (κ1) is 10.2. The highest BCUT2D eigenvalue weighted by molar-refractivity contribution is 9.10. The minimum Gasteiger partial charge on any atom is -0.495 e. The molecule has 68 valence electrons. The number of hydrogen-bond acceptors (Lipinski definition) is 2. The predicted molar refractivity (Wildman–Crippen MR) is 54.5 cm³/mol. The molecule has 0 fully saturated rings. The van der Waals surface area contributed by atoms with Gasteiger partial charge in [-0.2, -0.15) is 0 Å². The van der Waals surface area contributed by atoms with Crippen LogP contribution in [0.5, 0.6) is 5.75 Å². The van der Waals surface area contributed by atoms with E-state index in [0.29, 0.717) is 20.9 Å². The molecule has 0 radical (unpaired) electrons. The first-order valence-corrected chi connectivity index (χ1v) is 4.44. The van der Waals surface area contributed by atoms with Crippen molar-refractivity contribution in [2.24, 2.45) is 5.11 Å². The van der Waals surface area contributed by atoms with E-state index in [1.165, 1.54) is 13.2 Å². The summed E-state index contributed by atoms with van der Waals surface area (Å²) in [5.41, 5.74) is 8.63. The van der Waals surface area contributed by atoms with Gasteiger partial charge in [0.25, 0.3) is 0 Å². The van der Waals surface area contributed by atoms with Gasteiger partial charge in [-0.05, 0) is 33.6 Å². The van der Waals surface area contributed by atoms with E-state index in [0.717, 1.165) is 0 Å². The van der Waals surface area contributed by atoms with Gasteiger partial charge in [0.1, 0.15) is 5.75 Å². The summed E-state index contributed by atoms with van der Waals surface area (Å²) in [5.74, 6) is 0.474. The van der Waals surface area contributed by atoms with Gasteiger partial charge in [0.15, 0.2) is 0 Å². The second kappa shape index (κ2) is 4.37. The Hall–Kier alpha value is -0.900. The van der Waals surface area contributed by atoms with Crippen LogP contribution >= 0.6 is 27.5 Å². The molecule has 0 N–H and O–H groups in total. The molecule has 0 bridgehead atoms. The molecule has 0 amide bonds. The maximum Gasteiger partial charge on any atom is 0.142 e. The maximum atomic E-state index is 8.27. The van der Waals surface area contributed by atoms with Crippen molar-refractivity contribution < 1.29 is 4.74 Å². The van der Waals surface area contributed by atoms with Crippen molar-refractivity contribution in [3.05, 3.63) is 32.1 Å². The number of methoxy groups -OCH3 is 1. The molecular formula is C7H5BrClN3O. The van der Waals surface area contributed by atoms with Crippen LogP contribution in [-0.4, -0.2) is 7.11 Å². The van der Waals surface area contributed by atoms with Crippen LogP contribution in [0.25, 0.3) is 10.4 Å². The number of halogens is 2. The second-order valence-corrected chi connectivity index (χ2v) is 3.42. The molecule has 0 unspecified atom stereocenters. The Bertz CT molecular complexity index is 376. The first-order valence-electron chi connectivity index (χ1n) is 3.27. The van der Waals surface area contributed by atoms with Crippen LogP contribution in [0.15, 0.2) is 21.7 Å². The monoisotopic (exact) mass is 261 g/mol. The zero-order valence-corrected chi connectivity index (χ0v) is 9.00. The molecule has 0 saturated heterocycles. The summed E-state index contributed by atoms with van der Waals surface area (Å²) in [6.45, 7) is 0. The molecule has 0 saturated carbocycles. The van der Waals surface area contributed by atoms with Gasteiger partial charge in [0, 0.05) is 9.93 Å². The molecule has 0 aliphatic rings. The van der Waals surface area contributed by atoms with Crippen LogP contribution in [0.3, 0.4) is 0 Å². The lowest BCUT2D eigenvalue weighted by Crippen LogP contribution is -1.84. The fourth-order valence-electron chi connectivity index (χ4n) is 0.871. The summed E-state index contributed by atoms with van der Waals surface area (Å²) in [4.78, 5) is 2.66. The fourth-order valence-corrected chi connectivity index (χ4v) is 1.83. The topological polar surface area (TPSA) is 58.0 Å². The third kappa shape index (κ3) is 2.28. The molecule has 0 aliphatic carbocycles. The van der Waals surface area contributed by atoms with E-state index in [4.69, 9.17) is 21.9 Å². The van der Waals surface area contributed by atoms with Crippen molar-refractivity contribution in [3.8, 4) is 5.75 Å². The van der Waals surface area contributed by atoms with Gasteiger partial charge in [-0.3, -0.25) is 0 Å². The number of hydrogen-bond donors (Lipinski definition) is 0. The zero-order valence-electron chi connectivity index (χ0n) is 6.66. The Morgan fingerprint density at radius 2 is 2.31 bits per heavy atom. The van der Waals surface area contributed by atoms with Gasteiger partial charge in [-0.15, -0.1) is 0 Å². The Labute approximate surface area is 88.2 Å². The number of rotatable bonds is 2. The number of ether oxygens (including phenoxy) is 1. The molecule has 1 aromatic carbocycles. The average molecular weight is 262 g/mol. The van der Waals surface area contributed by atoms with Crippen molar-refractivity contribution in [1.82, 2.24) is 0 Å². The van der Waals surface area contributed by atoms with Crippen LogP contribution in [0, 0.1) is 0 Å². The van der Waals surface area contributed by atoms with E-state index in [1.807, 2.05) is 0 Å². The largest absolute Gasteiger partial charge is 0.495 e. The molecule has 1 rings (SSSR count). The summed E-state index contributed by atoms with van der Waals surface area (Å²) < 4.78 is 5.67. The van der Waals surface area contributed by atoms with Crippen LogP contribution < -0.4 is 4.74 Å². The standard InChI is InChI=1S/C7H5BrClN3O/c1-13-7-5(8)2-4(9)3-6(7)11-12-10/h2-3H,1H3. The van der Waals surface area contributed by atoms with Crippen molar-refractivity contribution in [1.29, 1.82) is 0 Å². The van der Waals surface area contributed by atoms with Gasteiger partial charge in [-0.25, -0.2) is 0 Å². The molecular weight excluding hydrogens is 257 g/mol. The van der Waals surface area contributed by atoms with E-state index < -0.39 is 0 Å². The van der Waals surface area contributed by atoms with E-state index in [9.17, 15) is 0 Å². The summed E-state index contributed by atoms with van der Waals surface area (Å²) in [5, 5.41) is 3.92. The minimum atomic E-state index is 0.365. The Balaban J connectivity index is 3.37. The molecule has 1 aromatic rings. The van der Waals surface area contributed by atoms with Gasteiger partial charge in [0.05, 0.1) is 17.3 Å². The third-order valence-corrected chi connectivity index (χ3v) is 2.15. The van der Waals surface area contributed by atoms with Gasteiger partial charge in [-0.1, -0.05) is 16.7 Å². The van der Waals surface area contributed by atoms with Crippen LogP contribution in [0.2, 0.25) is 5.02 Å². The molecule has 0 spiro atoms. The number of nitrogens with zero attached hydrogens (tertiary/aromatic N) is 3. The Morgan fingerprint density at radius 3 is 2.85 bits per heavy atom. The highest BCUT2D eigenvalue weighted by Crippen LogP contribution is 2.38. The molecule has 4 nitrogen and oxygen atoms in total. The first-order chi connectivity index (χ1) is 6.19. The number of azide groups is 1. The van der Waals surface area contributed by atoms with Gasteiger partial charge >= 0.3 is 0 Å². The van der Waals surface area contributed by atoms with Crippen LogP contribution in [-0.2, 0) is 0 Å². The average Bonchev–Trinajstić information content (AvgIpc) is 2.04. The zero-order chi connectivity index (χ0) is 9.84. The van der Waals surface area contributed by atoms with E-state index in [1.54, 1.807) is 6.07 Å². The fraction of sp³-hybridized carbons (Fsp3) is 0.143. The molecule has 0 aliphatic heterocycles. The Kier molecular flexibility index (Phi) is 3.42. The smallest absolute Gasteiger partial charge is 0.142 e. The van der Waals surface area contributed by atoms with Crippen LogP contribution in [0.4, 0.5) is 5.69 Å². The van der Waals surface area contributed by atoms with Gasteiger partial charge < -0.3 is 4.74 Å².